The van der Waals surface area contributed by atoms with E-state index < -0.39 is 0 Å². The van der Waals surface area contributed by atoms with E-state index in [0.717, 1.165) is 55.0 Å². The summed E-state index contributed by atoms with van der Waals surface area (Å²) in [5.74, 6) is 0. The molecule has 1 fully saturated rings. The molecule has 0 bridgehead atoms. The van der Waals surface area contributed by atoms with Gasteiger partial charge in [0.05, 0.1) is 22.4 Å². The zero-order chi connectivity index (χ0) is 17.9. The third kappa shape index (κ3) is 3.48. The fourth-order valence-electron chi connectivity index (χ4n) is 3.51. The van der Waals surface area contributed by atoms with Crippen LogP contribution in [-0.2, 0) is 6.54 Å². The first-order valence-corrected chi connectivity index (χ1v) is 9.32. The fraction of sp³-hybridized carbons (Fsp3) is 0.368. The first-order valence-electron chi connectivity index (χ1n) is 8.95. The number of piperazine rings is 1. The van der Waals surface area contributed by atoms with E-state index in [0.29, 0.717) is 11.6 Å². The standard InChI is InChI=1S/C19H23ClN6/c1-13-10-22-12-18(19(13)26-6-4-21-5-7-26)25-11-14-8-16-17(9-15(14)20)24-3-2-23-16/h2-3,8-9,12,21-22,25H,4-7,10-11H2,1H3. The number of benzene rings is 1. The van der Waals surface area contributed by atoms with Crippen molar-refractivity contribution in [1.82, 2.24) is 30.8 Å². The van der Waals surface area contributed by atoms with Crippen molar-refractivity contribution in [3.8, 4) is 0 Å². The number of hydrogen-bond donors (Lipinski definition) is 3. The number of hydrogen-bond acceptors (Lipinski definition) is 6. The Morgan fingerprint density at radius 3 is 2.65 bits per heavy atom. The van der Waals surface area contributed by atoms with E-state index in [2.05, 4.69) is 43.9 Å². The minimum Gasteiger partial charge on any atom is -0.385 e. The lowest BCUT2D eigenvalue weighted by Crippen LogP contribution is -2.45. The molecular formula is C19H23ClN6. The summed E-state index contributed by atoms with van der Waals surface area (Å²) in [5.41, 5.74) is 6.47. The van der Waals surface area contributed by atoms with E-state index in [1.807, 2.05) is 12.1 Å². The molecule has 0 spiro atoms. The molecule has 7 heteroatoms. The maximum Gasteiger partial charge on any atom is 0.0901 e. The molecule has 0 atom stereocenters. The van der Waals surface area contributed by atoms with Gasteiger partial charge in [0.15, 0.2) is 0 Å². The zero-order valence-corrected chi connectivity index (χ0v) is 15.6. The van der Waals surface area contributed by atoms with Gasteiger partial charge in [-0.15, -0.1) is 0 Å². The molecule has 2 aliphatic heterocycles. The molecule has 4 rings (SSSR count). The van der Waals surface area contributed by atoms with Crippen LogP contribution in [0.15, 0.2) is 47.7 Å². The van der Waals surface area contributed by atoms with Gasteiger partial charge >= 0.3 is 0 Å². The minimum absolute atomic E-state index is 0.641. The van der Waals surface area contributed by atoms with E-state index in [-0.39, 0.29) is 0 Å². The monoisotopic (exact) mass is 370 g/mol. The summed E-state index contributed by atoms with van der Waals surface area (Å²) in [4.78, 5) is 11.1. The fourth-order valence-corrected chi connectivity index (χ4v) is 3.73. The first-order chi connectivity index (χ1) is 12.7. The van der Waals surface area contributed by atoms with Crippen molar-refractivity contribution in [2.75, 3.05) is 32.7 Å². The smallest absolute Gasteiger partial charge is 0.0901 e. The molecule has 2 aliphatic rings. The molecule has 26 heavy (non-hydrogen) atoms. The van der Waals surface area contributed by atoms with Crippen molar-refractivity contribution in [1.29, 1.82) is 0 Å². The predicted molar refractivity (Wildman–Crippen MR) is 105 cm³/mol. The third-order valence-corrected chi connectivity index (χ3v) is 5.16. The number of nitrogens with one attached hydrogen (secondary N) is 3. The first kappa shape index (κ1) is 17.1. The van der Waals surface area contributed by atoms with Crippen LogP contribution in [0.25, 0.3) is 11.0 Å². The highest BCUT2D eigenvalue weighted by atomic mass is 35.5. The number of aromatic nitrogens is 2. The molecule has 0 unspecified atom stereocenters. The molecule has 1 aromatic carbocycles. The Labute approximate surface area is 158 Å². The van der Waals surface area contributed by atoms with Gasteiger partial charge in [0, 0.05) is 62.9 Å². The Kier molecular flexibility index (Phi) is 4.95. The SMILES string of the molecule is CC1=C(N2CCNCC2)C(NCc2cc3nccnc3cc2Cl)=CNC1. The van der Waals surface area contributed by atoms with Crippen LogP contribution in [0.2, 0.25) is 5.02 Å². The Morgan fingerprint density at radius 2 is 1.88 bits per heavy atom. The molecule has 0 amide bonds. The highest BCUT2D eigenvalue weighted by Crippen LogP contribution is 2.24. The average Bonchev–Trinajstić information content (AvgIpc) is 2.67. The lowest BCUT2D eigenvalue weighted by atomic mass is 10.1. The van der Waals surface area contributed by atoms with Crippen LogP contribution in [-0.4, -0.2) is 47.6 Å². The third-order valence-electron chi connectivity index (χ3n) is 4.81. The van der Waals surface area contributed by atoms with E-state index in [9.17, 15) is 0 Å². The topological polar surface area (TPSA) is 65.1 Å². The Hall–Kier alpha value is -2.31. The highest BCUT2D eigenvalue weighted by Gasteiger charge is 2.21. The lowest BCUT2D eigenvalue weighted by molar-refractivity contribution is 0.296. The molecule has 0 aliphatic carbocycles. The van der Waals surface area contributed by atoms with Gasteiger partial charge < -0.3 is 20.9 Å². The van der Waals surface area contributed by atoms with Crippen LogP contribution in [0.5, 0.6) is 0 Å². The van der Waals surface area contributed by atoms with Gasteiger partial charge in [0.25, 0.3) is 0 Å². The zero-order valence-electron chi connectivity index (χ0n) is 14.8. The Bertz CT molecular complexity index is 869. The van der Waals surface area contributed by atoms with E-state index in [1.54, 1.807) is 12.4 Å². The largest absolute Gasteiger partial charge is 0.385 e. The summed E-state index contributed by atoms with van der Waals surface area (Å²) >= 11 is 6.46. The van der Waals surface area contributed by atoms with E-state index in [4.69, 9.17) is 11.6 Å². The van der Waals surface area contributed by atoms with Gasteiger partial charge in [-0.2, -0.15) is 0 Å². The molecule has 136 valence electrons. The minimum atomic E-state index is 0.641. The van der Waals surface area contributed by atoms with Crippen LogP contribution in [0.1, 0.15) is 12.5 Å². The van der Waals surface area contributed by atoms with Crippen molar-refractivity contribution in [3.05, 3.63) is 58.3 Å². The normalized spacial score (nSPS) is 17.9. The average molecular weight is 371 g/mol. The van der Waals surface area contributed by atoms with E-state index >= 15 is 0 Å². The molecule has 0 radical (unpaired) electrons. The van der Waals surface area contributed by atoms with Gasteiger partial charge in [-0.05, 0) is 30.2 Å². The molecule has 0 saturated carbocycles. The maximum atomic E-state index is 6.46. The summed E-state index contributed by atoms with van der Waals surface area (Å²) in [7, 11) is 0. The van der Waals surface area contributed by atoms with E-state index in [1.165, 1.54) is 11.3 Å². The van der Waals surface area contributed by atoms with Crippen molar-refractivity contribution in [2.24, 2.45) is 0 Å². The Morgan fingerprint density at radius 1 is 1.15 bits per heavy atom. The van der Waals surface area contributed by atoms with Gasteiger partial charge in [0.1, 0.15) is 0 Å². The second-order valence-corrected chi connectivity index (χ2v) is 7.05. The number of halogens is 1. The Balaban J connectivity index is 1.54. The maximum absolute atomic E-state index is 6.46. The molecular weight excluding hydrogens is 348 g/mol. The number of rotatable bonds is 4. The van der Waals surface area contributed by atoms with Gasteiger partial charge in [-0.25, -0.2) is 0 Å². The molecule has 1 aromatic heterocycles. The molecule has 3 heterocycles. The summed E-state index contributed by atoms with van der Waals surface area (Å²) in [5, 5.41) is 11.0. The van der Waals surface area contributed by atoms with Gasteiger partial charge in [0.2, 0.25) is 0 Å². The van der Waals surface area contributed by atoms with Crippen LogP contribution in [0, 0.1) is 0 Å². The quantitative estimate of drug-likeness (QED) is 0.765. The van der Waals surface area contributed by atoms with Crippen LogP contribution >= 0.6 is 11.6 Å². The van der Waals surface area contributed by atoms with Crippen molar-refractivity contribution in [2.45, 2.75) is 13.5 Å². The van der Waals surface area contributed by atoms with Crippen LogP contribution < -0.4 is 16.0 Å². The summed E-state index contributed by atoms with van der Waals surface area (Å²) in [6.45, 7) is 7.81. The van der Waals surface area contributed by atoms with Crippen molar-refractivity contribution < 1.29 is 0 Å². The van der Waals surface area contributed by atoms with Crippen molar-refractivity contribution in [3.63, 3.8) is 0 Å². The lowest BCUT2D eigenvalue weighted by Gasteiger charge is -2.36. The molecule has 1 saturated heterocycles. The van der Waals surface area contributed by atoms with Gasteiger partial charge in [-0.3, -0.25) is 9.97 Å². The second-order valence-electron chi connectivity index (χ2n) is 6.65. The molecule has 3 N–H and O–H groups in total. The van der Waals surface area contributed by atoms with Crippen molar-refractivity contribution >= 4 is 22.6 Å². The van der Waals surface area contributed by atoms with Gasteiger partial charge in [-0.1, -0.05) is 11.6 Å². The van der Waals surface area contributed by atoms with Crippen LogP contribution in [0.4, 0.5) is 0 Å². The number of nitrogens with zero attached hydrogens (tertiary/aromatic N) is 3. The summed E-state index contributed by atoms with van der Waals surface area (Å²) in [6.07, 6.45) is 5.46. The number of fused-ring (bicyclic) bond motifs is 1. The second kappa shape index (κ2) is 7.51. The molecule has 6 nitrogen and oxygen atoms in total. The van der Waals surface area contributed by atoms with Crippen LogP contribution in [0.3, 0.4) is 0 Å². The predicted octanol–water partition coefficient (Wildman–Crippen LogP) is 2.00. The number of dihydropyridines is 1. The summed E-state index contributed by atoms with van der Waals surface area (Å²) in [6, 6.07) is 3.89. The summed E-state index contributed by atoms with van der Waals surface area (Å²) < 4.78 is 0. The highest BCUT2D eigenvalue weighted by molar-refractivity contribution is 6.32. The molecule has 2 aromatic rings.